The molecule has 2 nitrogen and oxygen atoms in total. The molecule has 0 saturated heterocycles. The Hall–Kier alpha value is -2.16. The number of hydrogen-bond donors (Lipinski definition) is 1. The van der Waals surface area contributed by atoms with Crippen LogP contribution in [0.3, 0.4) is 0 Å². The monoisotopic (exact) mass is 271 g/mol. The summed E-state index contributed by atoms with van der Waals surface area (Å²) in [5.41, 5.74) is 1.25. The Morgan fingerprint density at radius 3 is 2.45 bits per heavy atom. The molecule has 0 spiro atoms. The lowest BCUT2D eigenvalue weighted by Crippen LogP contribution is -2.41. The molecule has 2 aromatic carbocycles. The molecule has 1 amide bonds. The number of nitrogens with one attached hydrogen (secondary N) is 1. The SMILES string of the molecule is CC(C)(NC(=O)Cc1cccc(F)c1)c1ccccc1. The van der Waals surface area contributed by atoms with E-state index in [4.69, 9.17) is 0 Å². The molecule has 2 aromatic rings. The van der Waals surface area contributed by atoms with Crippen molar-refractivity contribution >= 4 is 5.91 Å². The van der Waals surface area contributed by atoms with Gasteiger partial charge < -0.3 is 5.32 Å². The first kappa shape index (κ1) is 14.3. The summed E-state index contributed by atoms with van der Waals surface area (Å²) in [6.07, 6.45) is 0.175. The smallest absolute Gasteiger partial charge is 0.225 e. The van der Waals surface area contributed by atoms with Gasteiger partial charge in [-0.1, -0.05) is 42.5 Å². The van der Waals surface area contributed by atoms with E-state index >= 15 is 0 Å². The Morgan fingerprint density at radius 2 is 1.80 bits per heavy atom. The lowest BCUT2D eigenvalue weighted by Gasteiger charge is -2.27. The van der Waals surface area contributed by atoms with E-state index in [1.165, 1.54) is 12.1 Å². The highest BCUT2D eigenvalue weighted by Crippen LogP contribution is 2.19. The summed E-state index contributed by atoms with van der Waals surface area (Å²) in [5, 5.41) is 2.98. The van der Waals surface area contributed by atoms with E-state index in [-0.39, 0.29) is 18.1 Å². The zero-order valence-corrected chi connectivity index (χ0v) is 11.7. The third-order valence-electron chi connectivity index (χ3n) is 3.20. The van der Waals surface area contributed by atoms with Crippen molar-refractivity contribution < 1.29 is 9.18 Å². The maximum Gasteiger partial charge on any atom is 0.225 e. The van der Waals surface area contributed by atoms with E-state index in [0.717, 1.165) is 5.56 Å². The number of carbonyl (C=O) groups excluding carboxylic acids is 1. The van der Waals surface area contributed by atoms with Gasteiger partial charge in [-0.05, 0) is 37.1 Å². The van der Waals surface area contributed by atoms with E-state index in [0.29, 0.717) is 5.56 Å². The molecule has 1 N–H and O–H groups in total. The second-order valence-corrected chi connectivity index (χ2v) is 5.35. The molecule has 0 saturated carbocycles. The fraction of sp³-hybridized carbons (Fsp3) is 0.235. The molecule has 0 fully saturated rings. The van der Waals surface area contributed by atoms with Crippen LogP contribution in [0.5, 0.6) is 0 Å². The summed E-state index contributed by atoms with van der Waals surface area (Å²) in [4.78, 5) is 12.1. The van der Waals surface area contributed by atoms with Crippen LogP contribution in [-0.4, -0.2) is 5.91 Å². The predicted molar refractivity (Wildman–Crippen MR) is 77.7 cm³/mol. The lowest BCUT2D eigenvalue weighted by molar-refractivity contribution is -0.122. The van der Waals surface area contributed by atoms with Crippen molar-refractivity contribution in [3.63, 3.8) is 0 Å². The minimum absolute atomic E-state index is 0.121. The van der Waals surface area contributed by atoms with Crippen LogP contribution >= 0.6 is 0 Å². The van der Waals surface area contributed by atoms with Gasteiger partial charge in [-0.25, -0.2) is 4.39 Å². The molecule has 0 aliphatic carbocycles. The maximum absolute atomic E-state index is 13.1. The Bertz CT molecular complexity index is 593. The summed E-state index contributed by atoms with van der Waals surface area (Å²) in [7, 11) is 0. The Labute approximate surface area is 118 Å². The summed E-state index contributed by atoms with van der Waals surface area (Å²) in [6, 6.07) is 15.9. The third kappa shape index (κ3) is 3.67. The second-order valence-electron chi connectivity index (χ2n) is 5.35. The van der Waals surface area contributed by atoms with Gasteiger partial charge in [0, 0.05) is 0 Å². The minimum Gasteiger partial charge on any atom is -0.347 e. The quantitative estimate of drug-likeness (QED) is 0.907. The van der Waals surface area contributed by atoms with Gasteiger partial charge in [-0.2, -0.15) is 0 Å². The van der Waals surface area contributed by atoms with Crippen LogP contribution in [0.25, 0.3) is 0 Å². The normalized spacial score (nSPS) is 11.2. The second kappa shape index (κ2) is 5.87. The molecule has 0 aromatic heterocycles. The van der Waals surface area contributed by atoms with Crippen molar-refractivity contribution in [2.75, 3.05) is 0 Å². The lowest BCUT2D eigenvalue weighted by atomic mass is 9.94. The number of benzene rings is 2. The molecular weight excluding hydrogens is 253 g/mol. The van der Waals surface area contributed by atoms with E-state index < -0.39 is 5.54 Å². The first-order valence-corrected chi connectivity index (χ1v) is 6.58. The Kier molecular flexibility index (Phi) is 4.18. The van der Waals surface area contributed by atoms with Crippen molar-refractivity contribution in [1.29, 1.82) is 0 Å². The average Bonchev–Trinajstić information content (AvgIpc) is 2.39. The molecule has 20 heavy (non-hydrogen) atoms. The first-order chi connectivity index (χ1) is 9.47. The van der Waals surface area contributed by atoms with Crippen LogP contribution < -0.4 is 5.32 Å². The van der Waals surface area contributed by atoms with Crippen molar-refractivity contribution in [1.82, 2.24) is 5.32 Å². The van der Waals surface area contributed by atoms with E-state index in [1.54, 1.807) is 12.1 Å². The van der Waals surface area contributed by atoms with Crippen molar-refractivity contribution in [2.45, 2.75) is 25.8 Å². The molecule has 0 heterocycles. The summed E-state index contributed by atoms with van der Waals surface area (Å²) in [5.74, 6) is -0.443. The molecule has 2 rings (SSSR count). The molecular formula is C17H18FNO. The molecule has 104 valence electrons. The maximum atomic E-state index is 13.1. The molecule has 3 heteroatoms. The number of carbonyl (C=O) groups is 1. The van der Waals surface area contributed by atoms with Crippen LogP contribution in [0.4, 0.5) is 4.39 Å². The minimum atomic E-state index is -0.453. The van der Waals surface area contributed by atoms with Crippen LogP contribution in [0.1, 0.15) is 25.0 Å². The molecule has 0 bridgehead atoms. The van der Waals surface area contributed by atoms with Gasteiger partial charge in [0.1, 0.15) is 5.82 Å². The number of hydrogen-bond acceptors (Lipinski definition) is 1. The summed E-state index contributed by atoms with van der Waals surface area (Å²) in [6.45, 7) is 3.90. The van der Waals surface area contributed by atoms with Gasteiger partial charge in [0.15, 0.2) is 0 Å². The third-order valence-corrected chi connectivity index (χ3v) is 3.20. The average molecular weight is 271 g/mol. The number of halogens is 1. The first-order valence-electron chi connectivity index (χ1n) is 6.58. The standard InChI is InChI=1S/C17H18FNO/c1-17(2,14-8-4-3-5-9-14)19-16(20)12-13-7-6-10-15(18)11-13/h3-11H,12H2,1-2H3,(H,19,20). The van der Waals surface area contributed by atoms with Crippen molar-refractivity contribution in [3.05, 3.63) is 71.5 Å². The van der Waals surface area contributed by atoms with Gasteiger partial charge >= 0.3 is 0 Å². The van der Waals surface area contributed by atoms with E-state index in [2.05, 4.69) is 5.32 Å². The van der Waals surface area contributed by atoms with Crippen LogP contribution in [0.15, 0.2) is 54.6 Å². The molecule has 0 atom stereocenters. The highest BCUT2D eigenvalue weighted by Gasteiger charge is 2.22. The molecule has 0 unspecified atom stereocenters. The van der Waals surface area contributed by atoms with Crippen LogP contribution in [-0.2, 0) is 16.8 Å². The molecule has 0 aliphatic heterocycles. The van der Waals surface area contributed by atoms with Crippen LogP contribution in [0, 0.1) is 5.82 Å². The van der Waals surface area contributed by atoms with Crippen molar-refractivity contribution in [2.24, 2.45) is 0 Å². The van der Waals surface area contributed by atoms with Gasteiger partial charge in [0.25, 0.3) is 0 Å². The van der Waals surface area contributed by atoms with Gasteiger partial charge in [-0.3, -0.25) is 4.79 Å². The zero-order valence-electron chi connectivity index (χ0n) is 11.7. The summed E-state index contributed by atoms with van der Waals surface area (Å²) >= 11 is 0. The zero-order chi connectivity index (χ0) is 14.6. The number of rotatable bonds is 4. The molecule has 0 aliphatic rings. The Morgan fingerprint density at radius 1 is 1.10 bits per heavy atom. The fourth-order valence-corrected chi connectivity index (χ4v) is 2.15. The Balaban J connectivity index is 2.04. The van der Waals surface area contributed by atoms with Crippen molar-refractivity contribution in [3.8, 4) is 0 Å². The predicted octanol–water partition coefficient (Wildman–Crippen LogP) is 3.42. The van der Waals surface area contributed by atoms with E-state index in [1.807, 2.05) is 44.2 Å². The van der Waals surface area contributed by atoms with Gasteiger partial charge in [-0.15, -0.1) is 0 Å². The largest absolute Gasteiger partial charge is 0.347 e. The highest BCUT2D eigenvalue weighted by atomic mass is 19.1. The fourth-order valence-electron chi connectivity index (χ4n) is 2.15. The van der Waals surface area contributed by atoms with E-state index in [9.17, 15) is 9.18 Å². The van der Waals surface area contributed by atoms with Crippen LogP contribution in [0.2, 0.25) is 0 Å². The summed E-state index contributed by atoms with van der Waals surface area (Å²) < 4.78 is 13.1. The van der Waals surface area contributed by atoms with Gasteiger partial charge in [0.2, 0.25) is 5.91 Å². The molecule has 0 radical (unpaired) electrons. The number of amides is 1. The highest BCUT2D eigenvalue weighted by molar-refractivity contribution is 5.79. The topological polar surface area (TPSA) is 29.1 Å². The van der Waals surface area contributed by atoms with Gasteiger partial charge in [0.05, 0.1) is 12.0 Å².